The monoisotopic (exact) mass is 218 g/mol. The van der Waals surface area contributed by atoms with Gasteiger partial charge in [-0.2, -0.15) is 0 Å². The third kappa shape index (κ3) is 2.16. The highest BCUT2D eigenvalue weighted by Crippen LogP contribution is 2.23. The van der Waals surface area contributed by atoms with Gasteiger partial charge in [0.2, 0.25) is 0 Å². The van der Waals surface area contributed by atoms with Crippen LogP contribution in [-0.2, 0) is 7.05 Å². The summed E-state index contributed by atoms with van der Waals surface area (Å²) in [7, 11) is 1.92. The van der Waals surface area contributed by atoms with Crippen molar-refractivity contribution in [2.45, 2.75) is 13.0 Å². The van der Waals surface area contributed by atoms with Crippen molar-refractivity contribution in [2.24, 2.45) is 7.05 Å². The summed E-state index contributed by atoms with van der Waals surface area (Å²) in [5, 5.41) is 9.31. The van der Waals surface area contributed by atoms with Crippen LogP contribution in [0.4, 0.5) is 0 Å². The molecule has 0 spiro atoms. The lowest BCUT2D eigenvalue weighted by Crippen LogP contribution is -2.09. The van der Waals surface area contributed by atoms with Gasteiger partial charge in [0.05, 0.1) is 0 Å². The normalized spacial score (nSPS) is 12.4. The molecule has 1 aromatic carbocycles. The Labute approximate surface area is 94.1 Å². The highest BCUT2D eigenvalue weighted by Gasteiger charge is 2.11. The fourth-order valence-corrected chi connectivity index (χ4v) is 1.58. The molecule has 0 radical (unpaired) electrons. The second-order valence-electron chi connectivity index (χ2n) is 3.65. The van der Waals surface area contributed by atoms with Gasteiger partial charge in [-0.3, -0.25) is 0 Å². The number of aryl methyl sites for hydroxylation is 1. The van der Waals surface area contributed by atoms with Gasteiger partial charge in [-0.05, 0) is 19.1 Å². The number of hydrogen-bond acceptors (Lipinski definition) is 3. The summed E-state index contributed by atoms with van der Waals surface area (Å²) in [6.07, 6.45) is 3.46. The third-order valence-electron chi connectivity index (χ3n) is 2.35. The third-order valence-corrected chi connectivity index (χ3v) is 2.35. The van der Waals surface area contributed by atoms with E-state index in [2.05, 4.69) is 4.98 Å². The van der Waals surface area contributed by atoms with E-state index in [0.717, 1.165) is 5.82 Å². The minimum Gasteiger partial charge on any atom is -0.508 e. The molecule has 0 amide bonds. The molecule has 1 aromatic heterocycles. The molecule has 0 saturated carbocycles. The van der Waals surface area contributed by atoms with Crippen LogP contribution in [0.25, 0.3) is 0 Å². The van der Waals surface area contributed by atoms with Crippen LogP contribution in [-0.4, -0.2) is 14.7 Å². The summed E-state index contributed by atoms with van der Waals surface area (Å²) < 4.78 is 7.59. The molecule has 2 aromatic rings. The van der Waals surface area contributed by atoms with Gasteiger partial charge < -0.3 is 14.4 Å². The molecule has 0 aliphatic rings. The molecule has 0 bridgehead atoms. The summed E-state index contributed by atoms with van der Waals surface area (Å²) in [5.74, 6) is 1.68. The van der Waals surface area contributed by atoms with Crippen LogP contribution >= 0.6 is 0 Å². The van der Waals surface area contributed by atoms with Crippen molar-refractivity contribution in [3.8, 4) is 11.5 Å². The quantitative estimate of drug-likeness (QED) is 0.859. The molecule has 84 valence electrons. The summed E-state index contributed by atoms with van der Waals surface area (Å²) >= 11 is 0. The molecular weight excluding hydrogens is 204 g/mol. The standard InChI is InChI=1S/C12H14N2O2/c1-9(12-13-6-7-14(12)2)16-11-5-3-4-10(15)8-11/h3-9,15H,1-2H3. The Bertz CT molecular complexity index is 479. The van der Waals surface area contributed by atoms with E-state index < -0.39 is 0 Å². The predicted molar refractivity (Wildman–Crippen MR) is 60.4 cm³/mol. The smallest absolute Gasteiger partial charge is 0.153 e. The zero-order chi connectivity index (χ0) is 11.5. The fraction of sp³-hybridized carbons (Fsp3) is 0.250. The van der Waals surface area contributed by atoms with Crippen molar-refractivity contribution in [1.82, 2.24) is 9.55 Å². The van der Waals surface area contributed by atoms with Gasteiger partial charge in [0, 0.05) is 25.5 Å². The summed E-state index contributed by atoms with van der Waals surface area (Å²) in [4.78, 5) is 4.21. The van der Waals surface area contributed by atoms with Crippen molar-refractivity contribution in [3.63, 3.8) is 0 Å². The fourth-order valence-electron chi connectivity index (χ4n) is 1.58. The first-order valence-corrected chi connectivity index (χ1v) is 5.09. The molecule has 1 heterocycles. The Morgan fingerprint density at radius 3 is 2.88 bits per heavy atom. The molecule has 0 fully saturated rings. The molecule has 1 N–H and O–H groups in total. The van der Waals surface area contributed by atoms with E-state index in [-0.39, 0.29) is 11.9 Å². The predicted octanol–water partition coefficient (Wildman–Crippen LogP) is 2.27. The summed E-state index contributed by atoms with van der Waals surface area (Å²) in [5.41, 5.74) is 0. The highest BCUT2D eigenvalue weighted by atomic mass is 16.5. The SMILES string of the molecule is CC(Oc1cccc(O)c1)c1nccn1C. The first-order chi connectivity index (χ1) is 7.66. The number of aromatic hydroxyl groups is 1. The van der Waals surface area contributed by atoms with Crippen LogP contribution in [0, 0.1) is 0 Å². The lowest BCUT2D eigenvalue weighted by Gasteiger charge is -2.14. The molecule has 1 unspecified atom stereocenters. The van der Waals surface area contributed by atoms with Gasteiger partial charge in [0.15, 0.2) is 6.10 Å². The maximum Gasteiger partial charge on any atom is 0.153 e. The van der Waals surface area contributed by atoms with Gasteiger partial charge in [-0.15, -0.1) is 0 Å². The number of phenolic OH excluding ortho intramolecular Hbond substituents is 1. The second-order valence-corrected chi connectivity index (χ2v) is 3.65. The van der Waals surface area contributed by atoms with Crippen LogP contribution in [0.3, 0.4) is 0 Å². The van der Waals surface area contributed by atoms with Crippen molar-refractivity contribution < 1.29 is 9.84 Å². The molecule has 2 rings (SSSR count). The first kappa shape index (κ1) is 10.5. The number of nitrogens with zero attached hydrogens (tertiary/aromatic N) is 2. The molecule has 1 atom stereocenters. The van der Waals surface area contributed by atoms with E-state index in [1.807, 2.05) is 24.7 Å². The molecule has 0 saturated heterocycles. The number of imidazole rings is 1. The summed E-state index contributed by atoms with van der Waals surface area (Å²) in [6, 6.07) is 6.74. The molecule has 4 heteroatoms. The van der Waals surface area contributed by atoms with Crippen molar-refractivity contribution >= 4 is 0 Å². The van der Waals surface area contributed by atoms with E-state index >= 15 is 0 Å². The Balaban J connectivity index is 2.14. The van der Waals surface area contributed by atoms with Gasteiger partial charge in [0.25, 0.3) is 0 Å². The number of phenols is 1. The first-order valence-electron chi connectivity index (χ1n) is 5.09. The number of rotatable bonds is 3. The number of hydrogen-bond donors (Lipinski definition) is 1. The molecule has 0 aliphatic heterocycles. The van der Waals surface area contributed by atoms with Crippen molar-refractivity contribution in [1.29, 1.82) is 0 Å². The van der Waals surface area contributed by atoms with Gasteiger partial charge in [0.1, 0.15) is 17.3 Å². The van der Waals surface area contributed by atoms with E-state index in [9.17, 15) is 5.11 Å². The van der Waals surface area contributed by atoms with Crippen molar-refractivity contribution in [3.05, 3.63) is 42.5 Å². The van der Waals surface area contributed by atoms with Gasteiger partial charge in [-0.1, -0.05) is 6.07 Å². The number of benzene rings is 1. The summed E-state index contributed by atoms with van der Waals surface area (Å²) in [6.45, 7) is 1.92. The van der Waals surface area contributed by atoms with E-state index in [4.69, 9.17) is 4.74 Å². The van der Waals surface area contributed by atoms with E-state index in [1.54, 1.807) is 30.5 Å². The largest absolute Gasteiger partial charge is 0.508 e. The minimum atomic E-state index is -0.151. The van der Waals surface area contributed by atoms with Crippen LogP contribution in [0.15, 0.2) is 36.7 Å². The number of ether oxygens (including phenoxy) is 1. The molecule has 0 aliphatic carbocycles. The molecule has 4 nitrogen and oxygen atoms in total. The van der Waals surface area contributed by atoms with Crippen LogP contribution in [0.1, 0.15) is 18.9 Å². The average molecular weight is 218 g/mol. The van der Waals surface area contributed by atoms with Crippen molar-refractivity contribution in [2.75, 3.05) is 0 Å². The Morgan fingerprint density at radius 2 is 2.25 bits per heavy atom. The molecule has 16 heavy (non-hydrogen) atoms. The highest BCUT2D eigenvalue weighted by molar-refractivity contribution is 5.32. The minimum absolute atomic E-state index is 0.151. The van der Waals surface area contributed by atoms with Gasteiger partial charge >= 0.3 is 0 Å². The van der Waals surface area contributed by atoms with Crippen LogP contribution in [0.5, 0.6) is 11.5 Å². The maximum atomic E-state index is 9.31. The van der Waals surface area contributed by atoms with Gasteiger partial charge in [-0.25, -0.2) is 4.98 Å². The lowest BCUT2D eigenvalue weighted by atomic mass is 10.3. The van der Waals surface area contributed by atoms with Crippen LogP contribution < -0.4 is 4.74 Å². The molecular formula is C12H14N2O2. The Kier molecular flexibility index (Phi) is 2.81. The zero-order valence-electron chi connectivity index (χ0n) is 9.29. The average Bonchev–Trinajstić information content (AvgIpc) is 2.64. The maximum absolute atomic E-state index is 9.31. The Morgan fingerprint density at radius 1 is 1.44 bits per heavy atom. The van der Waals surface area contributed by atoms with E-state index in [1.165, 1.54) is 0 Å². The van der Waals surface area contributed by atoms with Crippen LogP contribution in [0.2, 0.25) is 0 Å². The number of aromatic nitrogens is 2. The zero-order valence-corrected chi connectivity index (χ0v) is 9.29. The lowest BCUT2D eigenvalue weighted by molar-refractivity contribution is 0.212. The van der Waals surface area contributed by atoms with E-state index in [0.29, 0.717) is 5.75 Å². The topological polar surface area (TPSA) is 47.3 Å². The Hall–Kier alpha value is -1.97. The second kappa shape index (κ2) is 4.26.